The monoisotopic (exact) mass is 480 g/mol. The van der Waals surface area contributed by atoms with Crippen LogP contribution in [0.25, 0.3) is 22.4 Å². The number of amides is 1. The van der Waals surface area contributed by atoms with Crippen molar-refractivity contribution in [2.45, 2.75) is 18.7 Å². The van der Waals surface area contributed by atoms with Gasteiger partial charge in [0.1, 0.15) is 11.6 Å². The van der Waals surface area contributed by atoms with E-state index in [9.17, 15) is 17.6 Å². The summed E-state index contributed by atoms with van der Waals surface area (Å²) in [5.74, 6) is 0.0382. The highest BCUT2D eigenvalue weighted by Crippen LogP contribution is 2.27. The molecule has 0 fully saturated rings. The van der Waals surface area contributed by atoms with Gasteiger partial charge in [0.05, 0.1) is 21.6 Å². The van der Waals surface area contributed by atoms with Gasteiger partial charge in [0.25, 0.3) is 15.9 Å². The average molecular weight is 481 g/mol. The third-order valence-electron chi connectivity index (χ3n) is 5.68. The number of carbonyl (C=O) groups excluding carboxylic acids is 1. The van der Waals surface area contributed by atoms with E-state index in [1.165, 1.54) is 18.2 Å². The van der Waals surface area contributed by atoms with Gasteiger partial charge in [-0.15, -0.1) is 0 Å². The van der Waals surface area contributed by atoms with Gasteiger partial charge in [-0.2, -0.15) is 0 Å². The van der Waals surface area contributed by atoms with Crippen molar-refractivity contribution in [3.05, 3.63) is 78.1 Å². The summed E-state index contributed by atoms with van der Waals surface area (Å²) in [6.45, 7) is 5.18. The van der Waals surface area contributed by atoms with Crippen molar-refractivity contribution in [2.24, 2.45) is 7.05 Å². The highest BCUT2D eigenvalue weighted by molar-refractivity contribution is 7.92. The third-order valence-corrected chi connectivity index (χ3v) is 7.06. The number of hydrogen-bond donors (Lipinski definition) is 1. The zero-order valence-electron chi connectivity index (χ0n) is 19.1. The lowest BCUT2D eigenvalue weighted by Crippen LogP contribution is -2.30. The molecule has 0 atom stereocenters. The summed E-state index contributed by atoms with van der Waals surface area (Å²) in [6.07, 6.45) is 0. The average Bonchev–Trinajstić information content (AvgIpc) is 3.15. The Morgan fingerprint density at radius 2 is 1.74 bits per heavy atom. The van der Waals surface area contributed by atoms with E-state index in [2.05, 4.69) is 9.71 Å². The minimum atomic E-state index is -3.94. The molecule has 0 saturated carbocycles. The Hall–Kier alpha value is -3.72. The molecule has 0 aliphatic heterocycles. The molecule has 1 aromatic heterocycles. The molecule has 0 saturated heterocycles. The number of imidazole rings is 1. The van der Waals surface area contributed by atoms with Crippen LogP contribution in [-0.4, -0.2) is 41.9 Å². The topological polar surface area (TPSA) is 84.3 Å². The van der Waals surface area contributed by atoms with Gasteiger partial charge in [0, 0.05) is 31.3 Å². The van der Waals surface area contributed by atoms with Crippen molar-refractivity contribution in [3.8, 4) is 11.4 Å². The van der Waals surface area contributed by atoms with E-state index < -0.39 is 15.8 Å². The maximum absolute atomic E-state index is 13.5. The number of carbonyl (C=O) groups is 1. The Bertz CT molecular complexity index is 1460. The maximum Gasteiger partial charge on any atom is 0.261 e. The molecule has 0 radical (unpaired) electrons. The minimum Gasteiger partial charge on any atom is -0.339 e. The molecule has 176 valence electrons. The molecule has 0 aliphatic carbocycles. The fourth-order valence-corrected chi connectivity index (χ4v) is 4.91. The van der Waals surface area contributed by atoms with Gasteiger partial charge < -0.3 is 9.47 Å². The van der Waals surface area contributed by atoms with Gasteiger partial charge in [-0.05, 0) is 62.4 Å². The van der Waals surface area contributed by atoms with Crippen LogP contribution in [0.4, 0.5) is 10.1 Å². The van der Waals surface area contributed by atoms with Crippen molar-refractivity contribution >= 4 is 32.7 Å². The summed E-state index contributed by atoms with van der Waals surface area (Å²) in [5, 5.41) is 0. The maximum atomic E-state index is 13.5. The number of fused-ring (bicyclic) bond motifs is 1. The Morgan fingerprint density at radius 1 is 1.03 bits per heavy atom. The molecule has 4 aromatic rings. The normalized spacial score (nSPS) is 11.5. The first-order valence-corrected chi connectivity index (χ1v) is 12.4. The number of nitrogens with one attached hydrogen (secondary N) is 1. The standard InChI is InChI=1S/C25H25FN4O3S/c1-4-30(5-2)25(31)18-11-9-17(10-12-18)24-27-22-16-20(13-14-23(22)29(24)3)28-34(32,33)21-8-6-7-19(26)15-21/h6-16,28H,4-5H2,1-3H3. The van der Waals surface area contributed by atoms with E-state index in [0.717, 1.165) is 17.1 Å². The van der Waals surface area contributed by atoms with Crippen molar-refractivity contribution in [1.29, 1.82) is 0 Å². The van der Waals surface area contributed by atoms with Gasteiger partial charge in [0.2, 0.25) is 0 Å². The number of anilines is 1. The lowest BCUT2D eigenvalue weighted by atomic mass is 10.1. The molecule has 4 rings (SSSR count). The first-order chi connectivity index (χ1) is 16.2. The Kier molecular flexibility index (Phi) is 6.39. The van der Waals surface area contributed by atoms with Crippen molar-refractivity contribution in [3.63, 3.8) is 0 Å². The van der Waals surface area contributed by atoms with Gasteiger partial charge in [-0.3, -0.25) is 9.52 Å². The molecule has 0 unspecified atom stereocenters. The molecule has 9 heteroatoms. The first kappa shape index (κ1) is 23.4. The van der Waals surface area contributed by atoms with Gasteiger partial charge in [-0.25, -0.2) is 17.8 Å². The number of sulfonamides is 1. The smallest absolute Gasteiger partial charge is 0.261 e. The highest BCUT2D eigenvalue weighted by atomic mass is 32.2. The van der Waals surface area contributed by atoms with Gasteiger partial charge >= 0.3 is 0 Å². The van der Waals surface area contributed by atoms with Crippen LogP contribution >= 0.6 is 0 Å². The summed E-state index contributed by atoms with van der Waals surface area (Å²) < 4.78 is 43.1. The second kappa shape index (κ2) is 9.26. The second-order valence-corrected chi connectivity index (χ2v) is 9.50. The quantitative estimate of drug-likeness (QED) is 0.417. The molecule has 0 spiro atoms. The fraction of sp³-hybridized carbons (Fsp3) is 0.200. The Morgan fingerprint density at radius 3 is 2.38 bits per heavy atom. The van der Waals surface area contributed by atoms with E-state index in [-0.39, 0.29) is 10.8 Å². The van der Waals surface area contributed by atoms with Crippen molar-refractivity contribution in [2.75, 3.05) is 17.8 Å². The molecule has 1 amide bonds. The molecular formula is C25H25FN4O3S. The number of halogens is 1. The Balaban J connectivity index is 1.63. The zero-order chi connectivity index (χ0) is 24.5. The SMILES string of the molecule is CCN(CC)C(=O)c1ccc(-c2nc3cc(NS(=O)(=O)c4cccc(F)c4)ccc3n2C)cc1. The van der Waals surface area contributed by atoms with Crippen LogP contribution in [0.15, 0.2) is 71.6 Å². The number of benzene rings is 3. The molecule has 0 aliphatic rings. The molecule has 7 nitrogen and oxygen atoms in total. The number of aryl methyl sites for hydroxylation is 1. The lowest BCUT2D eigenvalue weighted by Gasteiger charge is -2.18. The predicted octanol–water partition coefficient (Wildman–Crippen LogP) is 4.66. The van der Waals surface area contributed by atoms with Crippen LogP contribution < -0.4 is 4.72 Å². The van der Waals surface area contributed by atoms with Crippen molar-refractivity contribution in [1.82, 2.24) is 14.5 Å². The summed E-state index contributed by atoms with van der Waals surface area (Å²) >= 11 is 0. The largest absolute Gasteiger partial charge is 0.339 e. The molecule has 3 aromatic carbocycles. The van der Waals surface area contributed by atoms with E-state index in [4.69, 9.17) is 0 Å². The van der Waals surface area contributed by atoms with Crippen LogP contribution in [-0.2, 0) is 17.1 Å². The summed E-state index contributed by atoms with van der Waals surface area (Å²) in [5.41, 5.74) is 3.17. The van der Waals surface area contributed by atoms with Crippen molar-refractivity contribution < 1.29 is 17.6 Å². The van der Waals surface area contributed by atoms with Crippen LogP contribution in [0, 0.1) is 5.82 Å². The number of rotatable bonds is 7. The highest BCUT2D eigenvalue weighted by Gasteiger charge is 2.17. The lowest BCUT2D eigenvalue weighted by molar-refractivity contribution is 0.0773. The van der Waals surface area contributed by atoms with Gasteiger partial charge in [0.15, 0.2) is 0 Å². The van der Waals surface area contributed by atoms with Crippen LogP contribution in [0.3, 0.4) is 0 Å². The molecule has 0 bridgehead atoms. The zero-order valence-corrected chi connectivity index (χ0v) is 19.9. The van der Waals surface area contributed by atoms with E-state index in [1.807, 2.05) is 37.6 Å². The van der Waals surface area contributed by atoms with Crippen LogP contribution in [0.1, 0.15) is 24.2 Å². The van der Waals surface area contributed by atoms with E-state index >= 15 is 0 Å². The fourth-order valence-electron chi connectivity index (χ4n) is 3.82. The molecular weight excluding hydrogens is 455 g/mol. The molecule has 1 heterocycles. The summed E-state index contributed by atoms with van der Waals surface area (Å²) in [4.78, 5) is 18.8. The summed E-state index contributed by atoms with van der Waals surface area (Å²) in [7, 11) is -2.07. The van der Waals surface area contributed by atoms with Gasteiger partial charge in [-0.1, -0.05) is 18.2 Å². The summed E-state index contributed by atoms with van der Waals surface area (Å²) in [6, 6.07) is 17.1. The second-order valence-electron chi connectivity index (χ2n) is 7.82. The molecule has 1 N–H and O–H groups in total. The number of nitrogens with zero attached hydrogens (tertiary/aromatic N) is 3. The number of hydrogen-bond acceptors (Lipinski definition) is 4. The first-order valence-electron chi connectivity index (χ1n) is 10.9. The van der Waals surface area contributed by atoms with E-state index in [1.54, 1.807) is 35.2 Å². The van der Waals surface area contributed by atoms with E-state index in [0.29, 0.717) is 35.7 Å². The third kappa shape index (κ3) is 4.51. The molecule has 34 heavy (non-hydrogen) atoms. The van der Waals surface area contributed by atoms with Crippen LogP contribution in [0.5, 0.6) is 0 Å². The minimum absolute atomic E-state index is 0.0169. The number of aromatic nitrogens is 2. The Labute approximate surface area is 197 Å². The predicted molar refractivity (Wildman–Crippen MR) is 131 cm³/mol. The van der Waals surface area contributed by atoms with Crippen LogP contribution in [0.2, 0.25) is 0 Å².